The molecule has 26 heavy (non-hydrogen) atoms. The second-order valence-corrected chi connectivity index (χ2v) is 4.83. The Kier molecular flexibility index (Phi) is 7.95. The number of methoxy groups -OCH3 is 1. The summed E-state index contributed by atoms with van der Waals surface area (Å²) >= 11 is 0. The number of hydrogen-bond acceptors (Lipinski definition) is 5. The Balaban J connectivity index is 0.00000109. The highest BCUT2D eigenvalue weighted by molar-refractivity contribution is 6.10. The minimum atomic E-state index is -0.545. The Morgan fingerprint density at radius 3 is 2.77 bits per heavy atom. The summed E-state index contributed by atoms with van der Waals surface area (Å²) in [5.41, 5.74) is 1.57. The third kappa shape index (κ3) is 4.66. The largest absolute Gasteiger partial charge is 0.465 e. The zero-order valence-electron chi connectivity index (χ0n) is 14.4. The summed E-state index contributed by atoms with van der Waals surface area (Å²) in [6, 6.07) is 3.26. The van der Waals surface area contributed by atoms with Gasteiger partial charge in [-0.2, -0.15) is 5.10 Å². The van der Waals surface area contributed by atoms with E-state index in [9.17, 15) is 9.59 Å². The molecular formula is C19H24N4O3. The number of aromatic nitrogens is 2. The molecule has 1 aromatic heterocycles. The van der Waals surface area contributed by atoms with Gasteiger partial charge in [0.15, 0.2) is 0 Å². The molecular weight excluding hydrogens is 332 g/mol. The molecule has 0 saturated heterocycles. The average molecular weight is 356 g/mol. The molecule has 2 heterocycles. The van der Waals surface area contributed by atoms with Gasteiger partial charge in [-0.15, -0.1) is 0 Å². The highest BCUT2D eigenvalue weighted by Crippen LogP contribution is 2.24. The highest BCUT2D eigenvalue weighted by atomic mass is 16.5. The van der Waals surface area contributed by atoms with Crippen LogP contribution in [0.2, 0.25) is 0 Å². The van der Waals surface area contributed by atoms with Crippen LogP contribution in [0.3, 0.4) is 0 Å². The second-order valence-electron chi connectivity index (χ2n) is 4.83. The van der Waals surface area contributed by atoms with Crippen LogP contribution in [0.5, 0.6) is 0 Å². The van der Waals surface area contributed by atoms with E-state index in [1.165, 1.54) is 7.11 Å². The number of carbonyl (C=O) groups excluding carboxylic acids is 2. The number of rotatable bonds is 3. The molecule has 2 N–H and O–H groups in total. The molecule has 0 radical (unpaired) electrons. The third-order valence-electron chi connectivity index (χ3n) is 3.35. The minimum Gasteiger partial charge on any atom is -0.465 e. The minimum absolute atomic E-state index is 0. The summed E-state index contributed by atoms with van der Waals surface area (Å²) in [5.74, 6) is -0.935. The molecule has 1 aromatic carbocycles. The van der Waals surface area contributed by atoms with E-state index in [2.05, 4.69) is 20.5 Å². The maximum atomic E-state index is 12.4. The Labute approximate surface area is 152 Å². The van der Waals surface area contributed by atoms with Crippen molar-refractivity contribution < 1.29 is 14.3 Å². The van der Waals surface area contributed by atoms with E-state index in [1.807, 2.05) is 19.9 Å². The van der Waals surface area contributed by atoms with Crippen LogP contribution in [0.25, 0.3) is 10.9 Å². The molecule has 0 atom stereocenters. The molecule has 0 bridgehead atoms. The van der Waals surface area contributed by atoms with Gasteiger partial charge in [-0.1, -0.05) is 27.4 Å². The zero-order valence-corrected chi connectivity index (χ0v) is 14.4. The van der Waals surface area contributed by atoms with Gasteiger partial charge in [0.1, 0.15) is 5.70 Å². The number of fused-ring (bicyclic) bond motifs is 1. The number of amides is 1. The number of benzene rings is 1. The summed E-state index contributed by atoms with van der Waals surface area (Å²) in [6.45, 7) is 4.00. The number of anilines is 1. The smallest absolute Gasteiger partial charge is 0.340 e. The molecule has 0 aliphatic carbocycles. The predicted octanol–water partition coefficient (Wildman–Crippen LogP) is 3.86. The fourth-order valence-electron chi connectivity index (χ4n) is 2.21. The van der Waals surface area contributed by atoms with Crippen molar-refractivity contribution in [3.8, 4) is 0 Å². The molecule has 7 nitrogen and oxygen atoms in total. The summed E-state index contributed by atoms with van der Waals surface area (Å²) in [6.07, 6.45) is 9.16. The molecule has 0 saturated carbocycles. The molecule has 3 rings (SSSR count). The van der Waals surface area contributed by atoms with E-state index in [-0.39, 0.29) is 18.7 Å². The van der Waals surface area contributed by atoms with Gasteiger partial charge in [0, 0.05) is 11.6 Å². The number of hydrogen-bond donors (Lipinski definition) is 2. The number of aromatic amines is 1. The Morgan fingerprint density at radius 2 is 2.04 bits per heavy atom. The first-order valence-electron chi connectivity index (χ1n) is 7.95. The van der Waals surface area contributed by atoms with Gasteiger partial charge in [-0.3, -0.25) is 14.9 Å². The maximum absolute atomic E-state index is 12.4. The zero-order chi connectivity index (χ0) is 18.2. The highest BCUT2D eigenvalue weighted by Gasteiger charge is 2.17. The van der Waals surface area contributed by atoms with E-state index in [1.54, 1.807) is 36.7 Å². The van der Waals surface area contributed by atoms with Crippen LogP contribution < -0.4 is 5.32 Å². The molecule has 138 valence electrons. The van der Waals surface area contributed by atoms with Crippen LogP contribution in [0.15, 0.2) is 47.2 Å². The van der Waals surface area contributed by atoms with Gasteiger partial charge in [-0.25, -0.2) is 4.79 Å². The number of H-pyrrole nitrogens is 1. The SMILES string of the molecule is C.CC.COC(=O)c1cc2[nH]ncc2cc1NC(=O)C1=CCC=CC=N1. The maximum Gasteiger partial charge on any atom is 0.340 e. The van der Waals surface area contributed by atoms with E-state index in [0.717, 1.165) is 5.39 Å². The number of nitrogens with zero attached hydrogens (tertiary/aromatic N) is 2. The fourth-order valence-corrected chi connectivity index (χ4v) is 2.21. The van der Waals surface area contributed by atoms with Crippen molar-refractivity contribution in [3.05, 3.63) is 47.8 Å². The molecule has 2 aromatic rings. The third-order valence-corrected chi connectivity index (χ3v) is 3.35. The Morgan fingerprint density at radius 1 is 1.27 bits per heavy atom. The van der Waals surface area contributed by atoms with Crippen LogP contribution in [0.4, 0.5) is 5.69 Å². The molecule has 1 amide bonds. The summed E-state index contributed by atoms with van der Waals surface area (Å²) in [4.78, 5) is 28.4. The lowest BCUT2D eigenvalue weighted by molar-refractivity contribution is -0.112. The van der Waals surface area contributed by atoms with Crippen molar-refractivity contribution in [1.82, 2.24) is 10.2 Å². The van der Waals surface area contributed by atoms with Gasteiger partial charge in [0.2, 0.25) is 0 Å². The first-order chi connectivity index (χ1) is 12.2. The molecule has 7 heteroatoms. The lowest BCUT2D eigenvalue weighted by Crippen LogP contribution is -2.16. The normalized spacial score (nSPS) is 12.2. The quantitative estimate of drug-likeness (QED) is 0.816. The first-order valence-corrected chi connectivity index (χ1v) is 7.95. The van der Waals surface area contributed by atoms with Crippen LogP contribution in [-0.4, -0.2) is 35.4 Å². The van der Waals surface area contributed by atoms with Gasteiger partial charge >= 0.3 is 5.97 Å². The van der Waals surface area contributed by atoms with Crippen molar-refractivity contribution >= 4 is 34.7 Å². The first kappa shape index (κ1) is 20.8. The second kappa shape index (κ2) is 9.93. The predicted molar refractivity (Wildman–Crippen MR) is 104 cm³/mol. The summed E-state index contributed by atoms with van der Waals surface area (Å²) in [7, 11) is 1.29. The topological polar surface area (TPSA) is 96.4 Å². The molecule has 0 spiro atoms. The van der Waals surface area contributed by atoms with Gasteiger partial charge in [0.25, 0.3) is 5.91 Å². The van der Waals surface area contributed by atoms with Gasteiger partial charge < -0.3 is 10.1 Å². The van der Waals surface area contributed by atoms with E-state index in [4.69, 9.17) is 4.74 Å². The average Bonchev–Trinajstić information content (AvgIpc) is 2.92. The molecule has 1 aliphatic rings. The van der Waals surface area contributed by atoms with Crippen molar-refractivity contribution in [3.63, 3.8) is 0 Å². The van der Waals surface area contributed by atoms with Crippen molar-refractivity contribution in [2.75, 3.05) is 12.4 Å². The van der Waals surface area contributed by atoms with E-state index in [0.29, 0.717) is 17.6 Å². The standard InChI is InChI=1S/C16H14N4O3.C2H6.CH4/c1-23-16(22)11-8-13-10(9-18-20-13)7-14(11)19-15(21)12-5-3-2-4-6-17-12;1-2;/h2,4-9H,3H2,1H3,(H,18,20)(H,19,21);1-2H3;1H4. The van der Waals surface area contributed by atoms with Gasteiger partial charge in [-0.05, 0) is 30.7 Å². The fraction of sp³-hybridized carbons (Fsp3) is 0.263. The Bertz CT molecular complexity index is 863. The van der Waals surface area contributed by atoms with Crippen LogP contribution >= 0.6 is 0 Å². The van der Waals surface area contributed by atoms with E-state index >= 15 is 0 Å². The van der Waals surface area contributed by atoms with Crippen molar-refractivity contribution in [2.45, 2.75) is 27.7 Å². The molecule has 0 fully saturated rings. The number of ether oxygens (including phenoxy) is 1. The van der Waals surface area contributed by atoms with E-state index < -0.39 is 11.9 Å². The summed E-state index contributed by atoms with van der Waals surface area (Å²) < 4.78 is 4.77. The Hall–Kier alpha value is -3.22. The van der Waals surface area contributed by atoms with Crippen LogP contribution in [-0.2, 0) is 9.53 Å². The lowest BCUT2D eigenvalue weighted by atomic mass is 10.1. The summed E-state index contributed by atoms with van der Waals surface area (Å²) in [5, 5.41) is 10.2. The van der Waals surface area contributed by atoms with Crippen LogP contribution in [0, 0.1) is 0 Å². The number of aliphatic imine (C=N–C) groups is 1. The lowest BCUT2D eigenvalue weighted by Gasteiger charge is -2.10. The van der Waals surface area contributed by atoms with Crippen molar-refractivity contribution in [1.29, 1.82) is 0 Å². The molecule has 1 aliphatic heterocycles. The van der Waals surface area contributed by atoms with Gasteiger partial charge in [0.05, 0.1) is 30.1 Å². The number of allylic oxidation sites excluding steroid dienone is 3. The molecule has 0 unspecified atom stereocenters. The van der Waals surface area contributed by atoms with Crippen LogP contribution in [0.1, 0.15) is 38.1 Å². The number of esters is 1. The monoisotopic (exact) mass is 356 g/mol. The number of nitrogens with one attached hydrogen (secondary N) is 2. The number of carbonyl (C=O) groups is 2. The van der Waals surface area contributed by atoms with Crippen molar-refractivity contribution in [2.24, 2.45) is 4.99 Å².